The molecule has 0 amide bonds. The zero-order valence-electron chi connectivity index (χ0n) is 7.95. The molecule has 0 saturated heterocycles. The standard InChI is InChI=1S/C13H13N/c1-2-6-12(5-1)9-10-14-11-13-7-3-4-8-13/h1-13H/b10-9+,14-11?. The summed E-state index contributed by atoms with van der Waals surface area (Å²) in [5.74, 6) is 0.816. The molecule has 0 unspecified atom stereocenters. The van der Waals surface area contributed by atoms with E-state index in [0.717, 1.165) is 0 Å². The molecule has 0 fully saturated rings. The Hall–Kier alpha value is -1.63. The Balaban J connectivity index is 1.81. The van der Waals surface area contributed by atoms with Crippen LogP contribution in [0.2, 0.25) is 0 Å². The van der Waals surface area contributed by atoms with Gasteiger partial charge < -0.3 is 0 Å². The zero-order valence-corrected chi connectivity index (χ0v) is 7.95. The van der Waals surface area contributed by atoms with Gasteiger partial charge in [-0.1, -0.05) is 54.7 Å². The molecule has 0 heterocycles. The zero-order chi connectivity index (χ0) is 9.64. The molecule has 0 aromatic carbocycles. The molecule has 0 spiro atoms. The Morgan fingerprint density at radius 3 is 2.00 bits per heavy atom. The van der Waals surface area contributed by atoms with Crippen LogP contribution in [0.25, 0.3) is 0 Å². The Morgan fingerprint density at radius 2 is 1.36 bits per heavy atom. The van der Waals surface area contributed by atoms with E-state index in [1.165, 1.54) is 0 Å². The number of rotatable bonds is 3. The quantitative estimate of drug-likeness (QED) is 0.596. The van der Waals surface area contributed by atoms with Crippen LogP contribution in [0.5, 0.6) is 0 Å². The van der Waals surface area contributed by atoms with Crippen LogP contribution in [0.15, 0.2) is 65.9 Å². The van der Waals surface area contributed by atoms with Gasteiger partial charge in [0.25, 0.3) is 0 Å². The molecule has 2 aliphatic rings. The maximum absolute atomic E-state index is 4.24. The highest BCUT2D eigenvalue weighted by atomic mass is 14.7. The first kappa shape index (κ1) is 8.95. The molecule has 14 heavy (non-hydrogen) atoms. The lowest BCUT2D eigenvalue weighted by atomic mass is 10.2. The predicted octanol–water partition coefficient (Wildman–Crippen LogP) is 3.06. The summed E-state index contributed by atoms with van der Waals surface area (Å²) < 4.78 is 0. The average Bonchev–Trinajstić information content (AvgIpc) is 2.86. The van der Waals surface area contributed by atoms with Crippen LogP contribution in [0, 0.1) is 11.8 Å². The van der Waals surface area contributed by atoms with E-state index >= 15 is 0 Å². The van der Waals surface area contributed by atoms with Crippen molar-refractivity contribution in [1.82, 2.24) is 0 Å². The number of hydrogen-bond donors (Lipinski definition) is 0. The van der Waals surface area contributed by atoms with E-state index in [0.29, 0.717) is 11.8 Å². The highest BCUT2D eigenvalue weighted by molar-refractivity contribution is 5.68. The van der Waals surface area contributed by atoms with E-state index in [9.17, 15) is 0 Å². The lowest BCUT2D eigenvalue weighted by Gasteiger charge is -1.93. The Morgan fingerprint density at radius 1 is 0.786 bits per heavy atom. The molecule has 70 valence electrons. The molecular formula is C13H13N. The summed E-state index contributed by atoms with van der Waals surface area (Å²) in [4.78, 5) is 4.24. The molecule has 0 saturated carbocycles. The summed E-state index contributed by atoms with van der Waals surface area (Å²) in [6.07, 6.45) is 22.6. The van der Waals surface area contributed by atoms with Crippen molar-refractivity contribution in [2.75, 3.05) is 0 Å². The first-order valence-corrected chi connectivity index (χ1v) is 4.85. The Bertz CT molecular complexity index is 293. The largest absolute Gasteiger partial charge is 0.268 e. The number of aliphatic imine (C=N–C) groups is 1. The van der Waals surface area contributed by atoms with Gasteiger partial charge in [-0.3, -0.25) is 4.99 Å². The average molecular weight is 183 g/mol. The van der Waals surface area contributed by atoms with Crippen LogP contribution in [0.3, 0.4) is 0 Å². The van der Waals surface area contributed by atoms with Crippen molar-refractivity contribution >= 4 is 6.21 Å². The molecule has 2 aliphatic carbocycles. The smallest absolute Gasteiger partial charge is 0.0308 e. The molecule has 0 radical (unpaired) electrons. The number of hydrogen-bond acceptors (Lipinski definition) is 1. The van der Waals surface area contributed by atoms with Crippen LogP contribution in [-0.2, 0) is 0 Å². The lowest BCUT2D eigenvalue weighted by molar-refractivity contribution is 1.08. The van der Waals surface area contributed by atoms with Gasteiger partial charge in [-0.2, -0.15) is 0 Å². The van der Waals surface area contributed by atoms with Gasteiger partial charge in [-0.05, 0) is 0 Å². The maximum Gasteiger partial charge on any atom is 0.0308 e. The molecule has 0 atom stereocenters. The summed E-state index contributed by atoms with van der Waals surface area (Å²) >= 11 is 0. The summed E-state index contributed by atoms with van der Waals surface area (Å²) in [6, 6.07) is 0. The predicted molar refractivity (Wildman–Crippen MR) is 61.2 cm³/mol. The fourth-order valence-corrected chi connectivity index (χ4v) is 1.42. The molecule has 1 nitrogen and oxygen atoms in total. The first-order chi connectivity index (χ1) is 6.95. The number of nitrogens with zero attached hydrogens (tertiary/aromatic N) is 1. The summed E-state index contributed by atoms with van der Waals surface area (Å²) in [6.45, 7) is 0. The third-order valence-electron chi connectivity index (χ3n) is 2.21. The van der Waals surface area contributed by atoms with E-state index in [-0.39, 0.29) is 0 Å². The first-order valence-electron chi connectivity index (χ1n) is 4.85. The fraction of sp³-hybridized carbons (Fsp3) is 0.154. The minimum Gasteiger partial charge on any atom is -0.268 e. The molecule has 0 N–H and O–H groups in total. The van der Waals surface area contributed by atoms with Crippen molar-refractivity contribution in [3.05, 3.63) is 60.9 Å². The van der Waals surface area contributed by atoms with E-state index < -0.39 is 0 Å². The third-order valence-corrected chi connectivity index (χ3v) is 2.21. The fourth-order valence-electron chi connectivity index (χ4n) is 1.42. The van der Waals surface area contributed by atoms with Crippen molar-refractivity contribution in [3.63, 3.8) is 0 Å². The maximum atomic E-state index is 4.24. The Kier molecular flexibility index (Phi) is 2.92. The highest BCUT2D eigenvalue weighted by Crippen LogP contribution is 2.10. The van der Waals surface area contributed by atoms with Crippen LogP contribution in [0.1, 0.15) is 0 Å². The molecule has 1 heteroatoms. The molecule has 0 aromatic rings. The van der Waals surface area contributed by atoms with Crippen LogP contribution in [-0.4, -0.2) is 6.21 Å². The molecule has 0 aliphatic heterocycles. The topological polar surface area (TPSA) is 12.4 Å². The van der Waals surface area contributed by atoms with Crippen LogP contribution >= 0.6 is 0 Å². The summed E-state index contributed by atoms with van der Waals surface area (Å²) in [5, 5.41) is 0. The second-order valence-corrected chi connectivity index (χ2v) is 3.33. The minimum atomic E-state index is 0.384. The lowest BCUT2D eigenvalue weighted by Crippen LogP contribution is -1.88. The van der Waals surface area contributed by atoms with Gasteiger partial charge in [0, 0.05) is 24.3 Å². The van der Waals surface area contributed by atoms with Crippen molar-refractivity contribution < 1.29 is 0 Å². The second-order valence-electron chi connectivity index (χ2n) is 3.33. The van der Waals surface area contributed by atoms with E-state index in [1.807, 2.05) is 24.6 Å². The molecular weight excluding hydrogens is 170 g/mol. The Labute approximate surface area is 84.6 Å². The molecule has 0 bridgehead atoms. The van der Waals surface area contributed by atoms with E-state index in [1.54, 1.807) is 0 Å². The third kappa shape index (κ3) is 2.43. The van der Waals surface area contributed by atoms with Gasteiger partial charge in [0.1, 0.15) is 0 Å². The van der Waals surface area contributed by atoms with Crippen LogP contribution < -0.4 is 0 Å². The van der Waals surface area contributed by atoms with Gasteiger partial charge in [-0.15, -0.1) is 0 Å². The summed E-state index contributed by atoms with van der Waals surface area (Å²) in [7, 11) is 0. The van der Waals surface area contributed by atoms with E-state index in [4.69, 9.17) is 0 Å². The molecule has 2 rings (SSSR count). The van der Waals surface area contributed by atoms with Gasteiger partial charge in [0.05, 0.1) is 0 Å². The van der Waals surface area contributed by atoms with Crippen molar-refractivity contribution in [3.8, 4) is 0 Å². The van der Waals surface area contributed by atoms with Gasteiger partial charge in [-0.25, -0.2) is 0 Å². The number of allylic oxidation sites excluding steroid dienone is 9. The van der Waals surface area contributed by atoms with Gasteiger partial charge in [0.15, 0.2) is 0 Å². The van der Waals surface area contributed by atoms with E-state index in [2.05, 4.69) is 47.5 Å². The van der Waals surface area contributed by atoms with Gasteiger partial charge in [0.2, 0.25) is 0 Å². The normalized spacial score (nSPS) is 21.4. The van der Waals surface area contributed by atoms with Crippen molar-refractivity contribution in [2.24, 2.45) is 16.8 Å². The second kappa shape index (κ2) is 4.56. The minimum absolute atomic E-state index is 0.384. The SMILES string of the molecule is C1=CC(C=N/C=C/C2C=CC=C2)C=C1. The summed E-state index contributed by atoms with van der Waals surface area (Å²) in [5.41, 5.74) is 0. The van der Waals surface area contributed by atoms with Crippen molar-refractivity contribution in [2.45, 2.75) is 0 Å². The molecule has 0 aromatic heterocycles. The van der Waals surface area contributed by atoms with Gasteiger partial charge >= 0.3 is 0 Å². The van der Waals surface area contributed by atoms with Crippen LogP contribution in [0.4, 0.5) is 0 Å². The monoisotopic (exact) mass is 183 g/mol. The highest BCUT2D eigenvalue weighted by Gasteiger charge is 1.98. The van der Waals surface area contributed by atoms with Crippen molar-refractivity contribution in [1.29, 1.82) is 0 Å².